The van der Waals surface area contributed by atoms with Gasteiger partial charge in [0.25, 0.3) is 0 Å². The van der Waals surface area contributed by atoms with Crippen LogP contribution in [0.4, 0.5) is 0 Å². The lowest BCUT2D eigenvalue weighted by Gasteiger charge is -2.02. The largest absolute Gasteiger partial charge is 0.404 e. The molecule has 0 bridgehead atoms. The summed E-state index contributed by atoms with van der Waals surface area (Å²) in [6.07, 6.45) is 8.54. The Bertz CT molecular complexity index is 337. The van der Waals surface area contributed by atoms with Gasteiger partial charge in [0.1, 0.15) is 0 Å². The Morgan fingerprint density at radius 2 is 2.12 bits per heavy atom. The van der Waals surface area contributed by atoms with Crippen LogP contribution in [0.1, 0.15) is 33.4 Å². The van der Waals surface area contributed by atoms with Gasteiger partial charge in [0, 0.05) is 11.9 Å². The number of aryl methyl sites for hydroxylation is 1. The molecule has 94 valence electrons. The van der Waals surface area contributed by atoms with Crippen LogP contribution in [-0.4, -0.2) is 4.98 Å². The first-order valence-corrected chi connectivity index (χ1v) is 6.10. The molecule has 0 radical (unpaired) electrons. The van der Waals surface area contributed by atoms with Gasteiger partial charge in [-0.2, -0.15) is 0 Å². The molecule has 0 atom stereocenters. The highest BCUT2D eigenvalue weighted by Gasteiger charge is 1.94. The number of rotatable bonds is 3. The van der Waals surface area contributed by atoms with Crippen LogP contribution < -0.4 is 5.73 Å². The molecule has 0 saturated carbocycles. The highest BCUT2D eigenvalue weighted by molar-refractivity contribution is 5.18. The molecule has 1 heterocycles. The van der Waals surface area contributed by atoms with E-state index in [4.69, 9.17) is 5.73 Å². The molecule has 1 aromatic heterocycles. The Kier molecular flexibility index (Phi) is 8.75. The molecule has 0 aliphatic heterocycles. The fourth-order valence-corrected chi connectivity index (χ4v) is 1.24. The van der Waals surface area contributed by atoms with Crippen LogP contribution in [0.2, 0.25) is 0 Å². The topological polar surface area (TPSA) is 38.9 Å². The van der Waals surface area contributed by atoms with Crippen molar-refractivity contribution in [2.45, 2.75) is 34.1 Å². The maximum atomic E-state index is 5.35. The van der Waals surface area contributed by atoms with Gasteiger partial charge < -0.3 is 5.73 Å². The van der Waals surface area contributed by atoms with E-state index in [1.807, 2.05) is 43.5 Å². The molecule has 2 N–H and O–H groups in total. The zero-order valence-corrected chi connectivity index (χ0v) is 11.4. The summed E-state index contributed by atoms with van der Waals surface area (Å²) < 4.78 is 0. The van der Waals surface area contributed by atoms with Crippen molar-refractivity contribution in [3.8, 4) is 0 Å². The van der Waals surface area contributed by atoms with Gasteiger partial charge in [-0.05, 0) is 43.2 Å². The summed E-state index contributed by atoms with van der Waals surface area (Å²) in [6, 6.07) is 5.96. The predicted octanol–water partition coefficient (Wildman–Crippen LogP) is 3.71. The monoisotopic (exact) mass is 232 g/mol. The zero-order chi connectivity index (χ0) is 13.1. The number of aromatic nitrogens is 1. The van der Waals surface area contributed by atoms with Gasteiger partial charge in [0.2, 0.25) is 0 Å². The second-order valence-corrected chi connectivity index (χ2v) is 4.00. The summed E-state index contributed by atoms with van der Waals surface area (Å²) in [4.78, 5) is 4.10. The number of nitrogens with two attached hydrogens (primary N) is 1. The van der Waals surface area contributed by atoms with Gasteiger partial charge in [-0.3, -0.25) is 4.98 Å². The molecule has 0 fully saturated rings. The molecule has 2 nitrogen and oxygen atoms in total. The molecule has 0 aliphatic rings. The van der Waals surface area contributed by atoms with Crippen LogP contribution in [0.25, 0.3) is 0 Å². The number of nitrogens with zero attached hydrogens (tertiary/aromatic N) is 1. The first-order valence-electron chi connectivity index (χ1n) is 6.10. The Hall–Kier alpha value is -1.57. The minimum Gasteiger partial charge on any atom is -0.404 e. The first kappa shape index (κ1) is 15.4. The third-order valence-electron chi connectivity index (χ3n) is 2.31. The second kappa shape index (κ2) is 9.64. The maximum absolute atomic E-state index is 5.35. The third-order valence-corrected chi connectivity index (χ3v) is 2.31. The molecule has 17 heavy (non-hydrogen) atoms. The van der Waals surface area contributed by atoms with Crippen LogP contribution in [-0.2, 0) is 6.42 Å². The highest BCUT2D eigenvalue weighted by Crippen LogP contribution is 2.08. The van der Waals surface area contributed by atoms with E-state index in [0.717, 1.165) is 12.1 Å². The van der Waals surface area contributed by atoms with E-state index in [2.05, 4.69) is 25.8 Å². The van der Waals surface area contributed by atoms with Gasteiger partial charge in [0.05, 0.1) is 0 Å². The van der Waals surface area contributed by atoms with Crippen LogP contribution >= 0.6 is 0 Å². The van der Waals surface area contributed by atoms with Crippen molar-refractivity contribution < 1.29 is 0 Å². The normalized spacial score (nSPS) is 11.5. The third kappa shape index (κ3) is 7.34. The first-order chi connectivity index (χ1) is 8.15. The average molecular weight is 232 g/mol. The molecule has 1 aromatic rings. The van der Waals surface area contributed by atoms with Crippen LogP contribution in [0.3, 0.4) is 0 Å². The van der Waals surface area contributed by atoms with Crippen molar-refractivity contribution in [1.29, 1.82) is 0 Å². The molecule has 0 amide bonds. The minimum absolute atomic E-state index is 0.534. The van der Waals surface area contributed by atoms with E-state index in [1.165, 1.54) is 5.57 Å². The standard InChI is InChI=1S/C8H15N.C7H9N/c1-4-5-8(6-9)7(2)3;1-2-7-5-3-4-6-8-7/h4-7H,9H2,1-3H3;3-6H,2H2,1H3/b5-4-,8-6+;. The van der Waals surface area contributed by atoms with Crippen LogP contribution in [0.5, 0.6) is 0 Å². The Labute approximate surface area is 105 Å². The number of hydrogen-bond acceptors (Lipinski definition) is 2. The summed E-state index contributed by atoms with van der Waals surface area (Å²) >= 11 is 0. The number of hydrogen-bond donors (Lipinski definition) is 1. The van der Waals surface area contributed by atoms with Crippen LogP contribution in [0, 0.1) is 5.92 Å². The van der Waals surface area contributed by atoms with Gasteiger partial charge >= 0.3 is 0 Å². The predicted molar refractivity (Wildman–Crippen MR) is 75.5 cm³/mol. The highest BCUT2D eigenvalue weighted by atomic mass is 14.6. The smallest absolute Gasteiger partial charge is 0.0400 e. The van der Waals surface area contributed by atoms with Crippen molar-refractivity contribution in [1.82, 2.24) is 4.98 Å². The van der Waals surface area contributed by atoms with E-state index in [-0.39, 0.29) is 0 Å². The summed E-state index contributed by atoms with van der Waals surface area (Å²) in [5, 5.41) is 0. The molecular weight excluding hydrogens is 208 g/mol. The molecule has 0 spiro atoms. The lowest BCUT2D eigenvalue weighted by Crippen LogP contribution is -1.93. The Morgan fingerprint density at radius 1 is 1.41 bits per heavy atom. The fraction of sp³-hybridized carbons (Fsp3) is 0.400. The molecule has 0 saturated heterocycles. The van der Waals surface area contributed by atoms with Crippen molar-refractivity contribution in [2.75, 3.05) is 0 Å². The number of pyridine rings is 1. The van der Waals surface area contributed by atoms with Gasteiger partial charge in [-0.1, -0.05) is 39.0 Å². The minimum atomic E-state index is 0.534. The second-order valence-electron chi connectivity index (χ2n) is 4.00. The van der Waals surface area contributed by atoms with Crippen molar-refractivity contribution >= 4 is 0 Å². The summed E-state index contributed by atoms with van der Waals surface area (Å²) in [7, 11) is 0. The molecule has 2 heteroatoms. The summed E-state index contributed by atoms with van der Waals surface area (Å²) in [6.45, 7) is 8.34. The van der Waals surface area contributed by atoms with Crippen molar-refractivity contribution in [3.05, 3.63) is 54.0 Å². The van der Waals surface area contributed by atoms with Gasteiger partial charge in [-0.15, -0.1) is 0 Å². The van der Waals surface area contributed by atoms with E-state index in [0.29, 0.717) is 5.92 Å². The molecule has 0 aromatic carbocycles. The van der Waals surface area contributed by atoms with Crippen LogP contribution in [0.15, 0.2) is 48.3 Å². The average Bonchev–Trinajstić information content (AvgIpc) is 2.37. The molecule has 0 unspecified atom stereocenters. The Morgan fingerprint density at radius 3 is 2.35 bits per heavy atom. The maximum Gasteiger partial charge on any atom is 0.0400 e. The van der Waals surface area contributed by atoms with Crippen molar-refractivity contribution in [2.24, 2.45) is 11.7 Å². The van der Waals surface area contributed by atoms with E-state index in [9.17, 15) is 0 Å². The summed E-state index contributed by atoms with van der Waals surface area (Å²) in [5.41, 5.74) is 7.70. The lowest BCUT2D eigenvalue weighted by atomic mass is 10.0. The lowest BCUT2D eigenvalue weighted by molar-refractivity contribution is 0.788. The van der Waals surface area contributed by atoms with E-state index >= 15 is 0 Å². The fourth-order valence-electron chi connectivity index (χ4n) is 1.24. The van der Waals surface area contributed by atoms with Gasteiger partial charge in [-0.25, -0.2) is 0 Å². The van der Waals surface area contributed by atoms with E-state index < -0.39 is 0 Å². The van der Waals surface area contributed by atoms with Gasteiger partial charge in [0.15, 0.2) is 0 Å². The SMILES string of the molecule is C/C=C\C(=C/N)C(C)C.CCc1ccccn1. The quantitative estimate of drug-likeness (QED) is 0.807. The molecule has 1 rings (SSSR count). The Balaban J connectivity index is 0.000000302. The molecular formula is C15H24N2. The van der Waals surface area contributed by atoms with Crippen molar-refractivity contribution in [3.63, 3.8) is 0 Å². The summed E-state index contributed by atoms with van der Waals surface area (Å²) in [5.74, 6) is 0.534. The number of allylic oxidation sites excluding steroid dienone is 3. The van der Waals surface area contributed by atoms with E-state index in [1.54, 1.807) is 6.20 Å². The zero-order valence-electron chi connectivity index (χ0n) is 11.4. The molecule has 0 aliphatic carbocycles.